The van der Waals surface area contributed by atoms with Gasteiger partial charge in [-0.05, 0) is 31.4 Å². The van der Waals surface area contributed by atoms with Crippen LogP contribution in [0.1, 0.15) is 31.4 Å². The summed E-state index contributed by atoms with van der Waals surface area (Å²) in [6.07, 6.45) is 3.55. The summed E-state index contributed by atoms with van der Waals surface area (Å²) in [7, 11) is 0. The third-order valence-electron chi connectivity index (χ3n) is 5.52. The first-order valence-electron chi connectivity index (χ1n) is 10.2. The molecule has 2 aromatic rings. The number of hydrogen-bond acceptors (Lipinski definition) is 6. The molecule has 0 aliphatic carbocycles. The lowest BCUT2D eigenvalue weighted by Gasteiger charge is -2.37. The van der Waals surface area contributed by atoms with Crippen molar-refractivity contribution in [1.29, 1.82) is 0 Å². The molecule has 1 saturated heterocycles. The number of hydrogen-bond donors (Lipinski definition) is 3. The molecule has 1 unspecified atom stereocenters. The zero-order valence-corrected chi connectivity index (χ0v) is 16.7. The Kier molecular flexibility index (Phi) is 5.84. The van der Waals surface area contributed by atoms with E-state index in [1.54, 1.807) is 9.80 Å². The molecular weight excluding hydrogens is 388 g/mol. The van der Waals surface area contributed by atoms with Crippen LogP contribution in [0, 0.1) is 0 Å². The molecule has 4 rings (SSSR count). The fourth-order valence-corrected chi connectivity index (χ4v) is 3.95. The van der Waals surface area contributed by atoms with Crippen molar-refractivity contribution in [2.24, 2.45) is 0 Å². The summed E-state index contributed by atoms with van der Waals surface area (Å²) in [4.78, 5) is 28.5. The second kappa shape index (κ2) is 8.70. The zero-order chi connectivity index (χ0) is 21.0. The monoisotopic (exact) mass is 414 g/mol. The average molecular weight is 414 g/mol. The lowest BCUT2D eigenvalue weighted by Crippen LogP contribution is -2.52. The summed E-state index contributed by atoms with van der Waals surface area (Å²) < 4.78 is 5.58. The standard InChI is InChI=1S/C20H26N6O4/c27-18(26-11-12-30-16-6-2-1-5-15(16)26)7-3-9-21-19(28)25-10-4-8-20(29,14-25)17-13-22-24-23-17/h1-2,5-6,13,29H,3-4,7-12,14H2,(H,21,28)(H,22,23,24). The average Bonchev–Trinajstić information content (AvgIpc) is 3.32. The fourth-order valence-electron chi connectivity index (χ4n) is 3.95. The Bertz CT molecular complexity index is 889. The van der Waals surface area contributed by atoms with E-state index >= 15 is 0 Å². The number of carbonyl (C=O) groups is 2. The Balaban J connectivity index is 1.24. The minimum Gasteiger partial charge on any atom is -0.490 e. The maximum Gasteiger partial charge on any atom is 0.317 e. The van der Waals surface area contributed by atoms with Crippen molar-refractivity contribution in [3.63, 3.8) is 0 Å². The van der Waals surface area contributed by atoms with Crippen LogP contribution >= 0.6 is 0 Å². The molecule has 3 N–H and O–H groups in total. The molecule has 3 heterocycles. The van der Waals surface area contributed by atoms with Gasteiger partial charge in [0.25, 0.3) is 0 Å². The van der Waals surface area contributed by atoms with Crippen LogP contribution in [0.4, 0.5) is 10.5 Å². The van der Waals surface area contributed by atoms with E-state index in [1.807, 2.05) is 24.3 Å². The molecule has 10 nitrogen and oxygen atoms in total. The quantitative estimate of drug-likeness (QED) is 0.627. The molecule has 1 aromatic heterocycles. The van der Waals surface area contributed by atoms with Gasteiger partial charge in [-0.1, -0.05) is 12.1 Å². The van der Waals surface area contributed by atoms with Gasteiger partial charge in [0.2, 0.25) is 5.91 Å². The van der Waals surface area contributed by atoms with Gasteiger partial charge in [0.15, 0.2) is 0 Å². The number of likely N-dealkylation sites (tertiary alicyclic amines) is 1. The number of aromatic nitrogens is 3. The van der Waals surface area contributed by atoms with Crippen molar-refractivity contribution in [3.05, 3.63) is 36.2 Å². The number of piperidine rings is 1. The minimum atomic E-state index is -1.19. The molecule has 10 heteroatoms. The van der Waals surface area contributed by atoms with Crippen molar-refractivity contribution in [2.75, 3.05) is 37.7 Å². The lowest BCUT2D eigenvalue weighted by atomic mass is 9.90. The second-order valence-electron chi connectivity index (χ2n) is 7.61. The topological polar surface area (TPSA) is 124 Å². The van der Waals surface area contributed by atoms with Crippen LogP contribution in [0.3, 0.4) is 0 Å². The maximum absolute atomic E-state index is 12.6. The highest BCUT2D eigenvalue weighted by Crippen LogP contribution is 2.31. The maximum atomic E-state index is 12.6. The summed E-state index contributed by atoms with van der Waals surface area (Å²) in [6, 6.07) is 7.24. The number of urea groups is 1. The molecule has 0 bridgehead atoms. The normalized spacial score (nSPS) is 21.0. The van der Waals surface area contributed by atoms with E-state index in [2.05, 4.69) is 20.7 Å². The molecule has 1 fully saturated rings. The van der Waals surface area contributed by atoms with Gasteiger partial charge >= 0.3 is 6.03 Å². The van der Waals surface area contributed by atoms with Gasteiger partial charge in [0.05, 0.1) is 25.0 Å². The van der Waals surface area contributed by atoms with E-state index in [1.165, 1.54) is 6.20 Å². The van der Waals surface area contributed by atoms with Crippen LogP contribution in [0.15, 0.2) is 30.5 Å². The van der Waals surface area contributed by atoms with E-state index in [0.717, 1.165) is 11.4 Å². The number of benzene rings is 1. The number of nitrogens with one attached hydrogen (secondary N) is 2. The number of anilines is 1. The van der Waals surface area contributed by atoms with Crippen molar-refractivity contribution < 1.29 is 19.4 Å². The number of β-amino-alcohol motifs (C(OH)–C–C–N with tert-alkyl or cyclic N) is 1. The summed E-state index contributed by atoms with van der Waals surface area (Å²) >= 11 is 0. The SMILES string of the molecule is O=C(NCCCC(=O)N1CCOc2ccccc21)N1CCCC(O)(c2cn[nH]n2)C1. The van der Waals surface area contributed by atoms with Crippen molar-refractivity contribution in [2.45, 2.75) is 31.3 Å². The Hall–Kier alpha value is -3.14. The largest absolute Gasteiger partial charge is 0.490 e. The second-order valence-corrected chi connectivity index (χ2v) is 7.61. The molecule has 2 aliphatic rings. The van der Waals surface area contributed by atoms with Gasteiger partial charge in [0.1, 0.15) is 23.7 Å². The predicted octanol–water partition coefficient (Wildman–Crippen LogP) is 1.00. The molecule has 2 aliphatic heterocycles. The number of para-hydroxylation sites is 2. The molecular formula is C20H26N6O4. The molecule has 0 saturated carbocycles. The molecule has 0 radical (unpaired) electrons. The van der Waals surface area contributed by atoms with Crippen molar-refractivity contribution >= 4 is 17.6 Å². The number of nitrogens with zero attached hydrogens (tertiary/aromatic N) is 4. The summed E-state index contributed by atoms with van der Waals surface area (Å²) in [5.74, 6) is 0.730. The molecule has 3 amide bonds. The van der Waals surface area contributed by atoms with E-state index in [4.69, 9.17) is 4.74 Å². The van der Waals surface area contributed by atoms with Gasteiger partial charge in [-0.15, -0.1) is 0 Å². The number of rotatable bonds is 5. The number of amides is 3. The summed E-state index contributed by atoms with van der Waals surface area (Å²) in [6.45, 7) is 2.11. The first kappa shape index (κ1) is 20.1. The van der Waals surface area contributed by atoms with E-state index in [-0.39, 0.29) is 18.5 Å². The fraction of sp³-hybridized carbons (Fsp3) is 0.500. The zero-order valence-electron chi connectivity index (χ0n) is 16.7. The van der Waals surface area contributed by atoms with Crippen LogP contribution < -0.4 is 15.0 Å². The first-order chi connectivity index (χ1) is 14.6. The van der Waals surface area contributed by atoms with E-state index < -0.39 is 5.60 Å². The molecule has 1 aromatic carbocycles. The molecule has 30 heavy (non-hydrogen) atoms. The smallest absolute Gasteiger partial charge is 0.317 e. The van der Waals surface area contributed by atoms with Gasteiger partial charge in [-0.25, -0.2) is 4.79 Å². The minimum absolute atomic E-state index is 0.0124. The third-order valence-corrected chi connectivity index (χ3v) is 5.52. The predicted molar refractivity (Wildman–Crippen MR) is 108 cm³/mol. The van der Waals surface area contributed by atoms with E-state index in [9.17, 15) is 14.7 Å². The van der Waals surface area contributed by atoms with Gasteiger partial charge in [-0.2, -0.15) is 15.4 Å². The van der Waals surface area contributed by atoms with Gasteiger partial charge in [-0.3, -0.25) is 4.79 Å². The Labute approximate surface area is 174 Å². The first-order valence-corrected chi connectivity index (χ1v) is 10.2. The molecule has 0 spiro atoms. The van der Waals surface area contributed by atoms with Crippen LogP contribution in [0.2, 0.25) is 0 Å². The lowest BCUT2D eigenvalue weighted by molar-refractivity contribution is -0.118. The highest BCUT2D eigenvalue weighted by atomic mass is 16.5. The van der Waals surface area contributed by atoms with Crippen LogP contribution in [0.5, 0.6) is 5.75 Å². The van der Waals surface area contributed by atoms with Gasteiger partial charge in [0, 0.05) is 19.5 Å². The van der Waals surface area contributed by atoms with E-state index in [0.29, 0.717) is 57.6 Å². The Morgan fingerprint density at radius 2 is 2.17 bits per heavy atom. The van der Waals surface area contributed by atoms with Gasteiger partial charge < -0.3 is 25.0 Å². The number of aromatic amines is 1. The van der Waals surface area contributed by atoms with Crippen LogP contribution in [0.25, 0.3) is 0 Å². The number of ether oxygens (including phenoxy) is 1. The Morgan fingerprint density at radius 3 is 3.00 bits per heavy atom. The summed E-state index contributed by atoms with van der Waals surface area (Å²) in [5, 5.41) is 23.9. The number of H-pyrrole nitrogens is 1. The van der Waals surface area contributed by atoms with Crippen molar-refractivity contribution in [3.8, 4) is 5.75 Å². The van der Waals surface area contributed by atoms with Crippen molar-refractivity contribution in [1.82, 2.24) is 25.6 Å². The van der Waals surface area contributed by atoms with Crippen LogP contribution in [-0.4, -0.2) is 70.1 Å². The van der Waals surface area contributed by atoms with Crippen LogP contribution in [-0.2, 0) is 10.4 Å². The number of aliphatic hydroxyl groups is 1. The third kappa shape index (κ3) is 4.23. The molecule has 160 valence electrons. The summed E-state index contributed by atoms with van der Waals surface area (Å²) in [5.41, 5.74) is 0.0390. The highest BCUT2D eigenvalue weighted by Gasteiger charge is 2.38. The number of fused-ring (bicyclic) bond motifs is 1. The number of carbonyl (C=O) groups excluding carboxylic acids is 2. The highest BCUT2D eigenvalue weighted by molar-refractivity contribution is 5.95. The Morgan fingerprint density at radius 1 is 1.30 bits per heavy atom. The molecule has 1 atom stereocenters.